The summed E-state index contributed by atoms with van der Waals surface area (Å²) in [5.41, 5.74) is 0. The second-order valence-corrected chi connectivity index (χ2v) is 11.2. The van der Waals surface area contributed by atoms with Gasteiger partial charge in [-0.3, -0.25) is 28.8 Å². The van der Waals surface area contributed by atoms with Crippen molar-refractivity contribution in [2.75, 3.05) is 80.4 Å². The molecule has 0 atom stereocenters. The number of nitrogens with zero attached hydrogens (tertiary/aromatic N) is 3. The number of likely N-dealkylation sites (tertiary alicyclic amines) is 3. The molecule has 3 aliphatic heterocycles. The second kappa shape index (κ2) is 24.8. The van der Waals surface area contributed by atoms with Crippen LogP contribution in [0.15, 0.2) is 0 Å². The summed E-state index contributed by atoms with van der Waals surface area (Å²) >= 11 is 0. The first-order valence-electron chi connectivity index (χ1n) is 15.2. The maximum Gasteiger partial charge on any atom is 3.00 e. The molecule has 16 heteroatoms. The van der Waals surface area contributed by atoms with Crippen LogP contribution in [0.25, 0.3) is 0 Å². The predicted molar refractivity (Wildman–Crippen MR) is 153 cm³/mol. The number of methoxy groups -OCH3 is 3. The zero-order chi connectivity index (χ0) is 33.8. The number of carbonyl (C=O) groups excluding carboxylic acids is 6. The van der Waals surface area contributed by atoms with Crippen molar-refractivity contribution in [1.29, 1.82) is 0 Å². The molecule has 3 saturated heterocycles. The maximum atomic E-state index is 11.5. The van der Waals surface area contributed by atoms with Crippen molar-refractivity contribution in [2.45, 2.75) is 76.1 Å². The number of hydrogen-bond donors (Lipinski definition) is 0. The van der Waals surface area contributed by atoms with Crippen LogP contribution < -0.4 is 15.3 Å². The van der Waals surface area contributed by atoms with Gasteiger partial charge in [-0.25, -0.2) is 0 Å². The Kier molecular flexibility index (Phi) is 23.6. The van der Waals surface area contributed by atoms with E-state index in [0.717, 1.165) is 0 Å². The molecule has 0 N–H and O–H groups in total. The number of rotatable bonds is 12. The monoisotopic (exact) mass is 698 g/mol. The molecule has 15 nitrogen and oxygen atoms in total. The first-order valence-corrected chi connectivity index (χ1v) is 15.2. The van der Waals surface area contributed by atoms with Crippen LogP contribution in [0.5, 0.6) is 0 Å². The Hall–Kier alpha value is -2.30. The SMILES string of the molecule is COCC(=O)CC(=O)N1CCC([O-])CC1.COCC(=O)CC(=O)N1CCC([O-])CC1.COCC(=O)CC(=O)N1CCC([O-])CC1.[Fe+3]. The fourth-order valence-corrected chi connectivity index (χ4v) is 4.79. The number of ether oxygens (including phenoxy) is 3. The second-order valence-electron chi connectivity index (χ2n) is 11.2. The molecule has 0 saturated carbocycles. The number of piperidine rings is 3. The largest absolute Gasteiger partial charge is 3.00 e. The van der Waals surface area contributed by atoms with Crippen LogP contribution in [0, 0.1) is 0 Å². The maximum absolute atomic E-state index is 11.5. The van der Waals surface area contributed by atoms with Crippen LogP contribution in [0.3, 0.4) is 0 Å². The summed E-state index contributed by atoms with van der Waals surface area (Å²) in [5, 5.41) is 33.0. The van der Waals surface area contributed by atoms with E-state index in [1.54, 1.807) is 14.7 Å². The zero-order valence-corrected chi connectivity index (χ0v) is 28.2. The zero-order valence-electron chi connectivity index (χ0n) is 27.1. The Labute approximate surface area is 281 Å². The topological polar surface area (TPSA) is 209 Å². The molecular formula is C30H48FeN3O12. The van der Waals surface area contributed by atoms with E-state index in [4.69, 9.17) is 0 Å². The van der Waals surface area contributed by atoms with Gasteiger partial charge in [0.1, 0.15) is 19.8 Å². The average molecular weight is 699 g/mol. The minimum Gasteiger partial charge on any atom is -0.852 e. The molecule has 3 fully saturated rings. The summed E-state index contributed by atoms with van der Waals surface area (Å²) in [7, 11) is 4.27. The Morgan fingerprint density at radius 3 is 0.848 bits per heavy atom. The predicted octanol–water partition coefficient (Wildman–Crippen LogP) is -3.17. The molecule has 0 bridgehead atoms. The molecule has 0 spiro atoms. The van der Waals surface area contributed by atoms with Crippen molar-refractivity contribution in [3.05, 3.63) is 0 Å². The van der Waals surface area contributed by atoms with Gasteiger partial charge in [-0.1, -0.05) is 0 Å². The van der Waals surface area contributed by atoms with Gasteiger partial charge >= 0.3 is 17.1 Å². The van der Waals surface area contributed by atoms with Gasteiger partial charge in [-0.05, 0) is 38.5 Å². The summed E-state index contributed by atoms with van der Waals surface area (Å²) in [5.74, 6) is -1.22. The van der Waals surface area contributed by atoms with E-state index in [1.807, 2.05) is 0 Å². The van der Waals surface area contributed by atoms with E-state index in [1.165, 1.54) is 21.3 Å². The quantitative estimate of drug-likeness (QED) is 0.146. The fourth-order valence-electron chi connectivity index (χ4n) is 4.79. The molecule has 0 aromatic carbocycles. The number of hydrogen-bond acceptors (Lipinski definition) is 12. The van der Waals surface area contributed by atoms with Gasteiger partial charge in [-0.15, -0.1) is 18.3 Å². The first kappa shape index (κ1) is 43.7. The smallest absolute Gasteiger partial charge is 0.852 e. The van der Waals surface area contributed by atoms with Crippen molar-refractivity contribution >= 4 is 35.1 Å². The summed E-state index contributed by atoms with van der Waals surface area (Å²) in [6.07, 6.45) is 0.944. The third-order valence-corrected chi connectivity index (χ3v) is 7.35. The van der Waals surface area contributed by atoms with Crippen molar-refractivity contribution in [3.63, 3.8) is 0 Å². The van der Waals surface area contributed by atoms with Gasteiger partial charge in [0.25, 0.3) is 0 Å². The number of carbonyl (C=O) groups is 6. The normalized spacial score (nSPS) is 17.5. The van der Waals surface area contributed by atoms with Crippen LogP contribution in [0.2, 0.25) is 0 Å². The van der Waals surface area contributed by atoms with Gasteiger partial charge in [-0.2, -0.15) is 0 Å². The van der Waals surface area contributed by atoms with Crippen LogP contribution in [-0.4, -0.2) is 149 Å². The Bertz CT molecular complexity index is 827. The van der Waals surface area contributed by atoms with E-state index in [0.29, 0.717) is 77.8 Å². The Balaban J connectivity index is 0.000000653. The van der Waals surface area contributed by atoms with E-state index in [9.17, 15) is 44.1 Å². The van der Waals surface area contributed by atoms with Gasteiger partial charge < -0.3 is 44.2 Å². The summed E-state index contributed by atoms with van der Waals surface area (Å²) in [6.45, 7) is 2.80. The standard InChI is InChI=1S/3C10H16NO4.Fe/c3*1-15-7-9(13)6-10(14)11-4-2-8(12)3-5-11;/h3*8H,2-7H2,1H3;/q3*-1;+3. The van der Waals surface area contributed by atoms with Crippen molar-refractivity contribution in [3.8, 4) is 0 Å². The average Bonchev–Trinajstić information content (AvgIpc) is 2.99. The Morgan fingerprint density at radius 2 is 0.674 bits per heavy atom. The van der Waals surface area contributed by atoms with Crippen molar-refractivity contribution in [1.82, 2.24) is 14.7 Å². The van der Waals surface area contributed by atoms with Crippen LogP contribution in [0.4, 0.5) is 0 Å². The molecule has 3 amide bonds. The third kappa shape index (κ3) is 18.7. The number of Topliss-reactive ketones (excluding diaryl/α,β-unsaturated/α-hetero) is 3. The van der Waals surface area contributed by atoms with Gasteiger partial charge in [0.2, 0.25) is 17.7 Å². The number of ketones is 3. The molecule has 0 aromatic heterocycles. The first-order chi connectivity index (χ1) is 21.4. The van der Waals surface area contributed by atoms with Crippen LogP contribution in [0.1, 0.15) is 57.8 Å². The summed E-state index contributed by atoms with van der Waals surface area (Å²) < 4.78 is 13.9. The van der Waals surface area contributed by atoms with Gasteiger partial charge in [0.05, 0.1) is 19.3 Å². The number of amides is 3. The molecular weight excluding hydrogens is 650 g/mol. The van der Waals surface area contributed by atoms with Crippen molar-refractivity contribution in [2.24, 2.45) is 0 Å². The molecule has 1 radical (unpaired) electrons. The minimum atomic E-state index is -0.552. The van der Waals surface area contributed by atoms with Gasteiger partial charge in [0, 0.05) is 60.6 Å². The summed E-state index contributed by atoms with van der Waals surface area (Å²) in [6, 6.07) is 0. The molecule has 3 rings (SSSR count). The van der Waals surface area contributed by atoms with Crippen LogP contribution >= 0.6 is 0 Å². The summed E-state index contributed by atoms with van der Waals surface area (Å²) in [4.78, 5) is 72.7. The molecule has 0 aromatic rings. The molecule has 46 heavy (non-hydrogen) atoms. The molecule has 0 aliphatic carbocycles. The van der Waals surface area contributed by atoms with Crippen molar-refractivity contribution < 1.29 is 75.4 Å². The molecule has 0 unspecified atom stereocenters. The van der Waals surface area contributed by atoms with Crippen LogP contribution in [-0.2, 0) is 60.0 Å². The minimum absolute atomic E-state index is 0. The van der Waals surface area contributed by atoms with E-state index < -0.39 is 18.3 Å². The van der Waals surface area contributed by atoms with E-state index >= 15 is 0 Å². The molecule has 263 valence electrons. The fraction of sp³-hybridized carbons (Fsp3) is 0.800. The Morgan fingerprint density at radius 1 is 0.478 bits per heavy atom. The van der Waals surface area contributed by atoms with E-state index in [-0.39, 0.29) is 91.2 Å². The molecule has 3 heterocycles. The van der Waals surface area contributed by atoms with E-state index in [2.05, 4.69) is 14.2 Å². The third-order valence-electron chi connectivity index (χ3n) is 7.35. The molecule has 3 aliphatic rings. The van der Waals surface area contributed by atoms with Gasteiger partial charge in [0.15, 0.2) is 17.3 Å².